The number of aryl methyl sites for hydroxylation is 1. The summed E-state index contributed by atoms with van der Waals surface area (Å²) in [6, 6.07) is 1.78. The van der Waals surface area contributed by atoms with E-state index in [0.717, 1.165) is 0 Å². The molecule has 0 aromatic carbocycles. The Balaban J connectivity index is 2.86. The largest absolute Gasteiger partial charge is 0.332 e. The number of ketones is 1. The number of carbonyl (C=O) groups excluding carboxylic acids is 1. The van der Waals surface area contributed by atoms with Crippen molar-refractivity contribution in [2.45, 2.75) is 6.42 Å². The van der Waals surface area contributed by atoms with Gasteiger partial charge in [0.25, 0.3) is 0 Å². The molecule has 0 saturated heterocycles. The Bertz CT molecular complexity index is 308. The van der Waals surface area contributed by atoms with Gasteiger partial charge < -0.3 is 4.57 Å². The zero-order valence-electron chi connectivity index (χ0n) is 6.11. The molecular weight excluding hydrogens is 142 g/mol. The highest BCUT2D eigenvalue weighted by Gasteiger charge is 2.08. The fourth-order valence-electron chi connectivity index (χ4n) is 0.785. The Morgan fingerprint density at radius 2 is 2.64 bits per heavy atom. The van der Waals surface area contributed by atoms with Crippen LogP contribution in [0.4, 0.5) is 0 Å². The molecule has 0 atom stereocenters. The van der Waals surface area contributed by atoms with Gasteiger partial charge >= 0.3 is 0 Å². The van der Waals surface area contributed by atoms with Gasteiger partial charge in [-0.15, -0.1) is 0 Å². The topological polar surface area (TPSA) is 58.7 Å². The Kier molecular flexibility index (Phi) is 2.02. The van der Waals surface area contributed by atoms with E-state index < -0.39 is 0 Å². The average Bonchev–Trinajstić information content (AvgIpc) is 2.36. The number of Topliss-reactive ketones (excluding diaryl/α,β-unsaturated/α-hetero) is 1. The van der Waals surface area contributed by atoms with Crippen molar-refractivity contribution < 1.29 is 4.79 Å². The molecule has 0 spiro atoms. The Morgan fingerprint density at radius 1 is 1.91 bits per heavy atom. The van der Waals surface area contributed by atoms with Gasteiger partial charge in [0.2, 0.25) is 5.78 Å². The van der Waals surface area contributed by atoms with E-state index in [1.165, 1.54) is 6.20 Å². The van der Waals surface area contributed by atoms with Gasteiger partial charge in [-0.3, -0.25) is 4.79 Å². The third-order valence-electron chi connectivity index (χ3n) is 1.31. The van der Waals surface area contributed by atoms with E-state index in [2.05, 4.69) is 4.98 Å². The van der Waals surface area contributed by atoms with Gasteiger partial charge in [0.15, 0.2) is 5.82 Å². The highest BCUT2D eigenvalue weighted by molar-refractivity contribution is 5.94. The van der Waals surface area contributed by atoms with Gasteiger partial charge in [0.1, 0.15) is 6.42 Å². The average molecular weight is 149 g/mol. The number of hydrogen-bond acceptors (Lipinski definition) is 3. The maximum Gasteiger partial charge on any atom is 0.212 e. The van der Waals surface area contributed by atoms with Crippen LogP contribution in [-0.2, 0) is 7.05 Å². The van der Waals surface area contributed by atoms with Crippen molar-refractivity contribution in [1.29, 1.82) is 5.26 Å². The fraction of sp³-hybridized carbons (Fsp3) is 0.286. The first-order valence-electron chi connectivity index (χ1n) is 3.13. The molecule has 4 nitrogen and oxygen atoms in total. The highest BCUT2D eigenvalue weighted by Crippen LogP contribution is 1.97. The molecule has 11 heavy (non-hydrogen) atoms. The summed E-state index contributed by atoms with van der Waals surface area (Å²) in [7, 11) is 1.72. The number of nitrogens with zero attached hydrogens (tertiary/aromatic N) is 3. The summed E-state index contributed by atoms with van der Waals surface area (Å²) in [5.74, 6) is 0.103. The molecule has 0 aliphatic heterocycles. The quantitative estimate of drug-likeness (QED) is 0.576. The second kappa shape index (κ2) is 2.97. The van der Waals surface area contributed by atoms with Crippen LogP contribution in [0.3, 0.4) is 0 Å². The molecule has 0 bridgehead atoms. The zero-order chi connectivity index (χ0) is 8.27. The minimum absolute atomic E-state index is 0.106. The van der Waals surface area contributed by atoms with Crippen molar-refractivity contribution >= 4 is 5.78 Å². The van der Waals surface area contributed by atoms with Crippen LogP contribution in [0.5, 0.6) is 0 Å². The molecule has 1 heterocycles. The molecule has 0 aliphatic carbocycles. The lowest BCUT2D eigenvalue weighted by Crippen LogP contribution is -2.05. The smallest absolute Gasteiger partial charge is 0.212 e. The van der Waals surface area contributed by atoms with Crippen molar-refractivity contribution in [2.24, 2.45) is 7.05 Å². The predicted octanol–water partition coefficient (Wildman–Crippen LogP) is 0.516. The fourth-order valence-corrected chi connectivity index (χ4v) is 0.785. The summed E-state index contributed by atoms with van der Waals surface area (Å²) < 4.78 is 1.60. The normalized spacial score (nSPS) is 9.09. The molecule has 0 aliphatic rings. The third-order valence-corrected chi connectivity index (χ3v) is 1.31. The van der Waals surface area contributed by atoms with Crippen LogP contribution < -0.4 is 0 Å². The van der Waals surface area contributed by atoms with E-state index in [9.17, 15) is 4.79 Å². The van der Waals surface area contributed by atoms with Gasteiger partial charge in [-0.2, -0.15) is 5.26 Å². The van der Waals surface area contributed by atoms with Gasteiger partial charge in [0.05, 0.1) is 6.07 Å². The van der Waals surface area contributed by atoms with E-state index in [-0.39, 0.29) is 12.2 Å². The van der Waals surface area contributed by atoms with Crippen molar-refractivity contribution in [3.8, 4) is 6.07 Å². The number of rotatable bonds is 2. The first-order chi connectivity index (χ1) is 5.25. The third kappa shape index (κ3) is 1.44. The van der Waals surface area contributed by atoms with Crippen molar-refractivity contribution in [2.75, 3.05) is 0 Å². The molecular formula is C7H7N3O. The van der Waals surface area contributed by atoms with Crippen LogP contribution in [0.2, 0.25) is 0 Å². The van der Waals surface area contributed by atoms with Crippen LogP contribution in [0, 0.1) is 11.3 Å². The molecule has 0 unspecified atom stereocenters. The molecule has 1 aromatic heterocycles. The van der Waals surface area contributed by atoms with Crippen LogP contribution in [0.25, 0.3) is 0 Å². The molecule has 4 heteroatoms. The maximum absolute atomic E-state index is 11.0. The van der Waals surface area contributed by atoms with Crippen LogP contribution >= 0.6 is 0 Å². The maximum atomic E-state index is 11.0. The van der Waals surface area contributed by atoms with E-state index in [4.69, 9.17) is 5.26 Å². The molecule has 0 N–H and O–H groups in total. The SMILES string of the molecule is Cn1ccnc1C(=O)CC#N. The Morgan fingerprint density at radius 3 is 3.09 bits per heavy atom. The van der Waals surface area contributed by atoms with E-state index in [0.29, 0.717) is 5.82 Å². The molecule has 56 valence electrons. The first-order valence-corrected chi connectivity index (χ1v) is 3.13. The van der Waals surface area contributed by atoms with Gasteiger partial charge in [0, 0.05) is 19.4 Å². The van der Waals surface area contributed by atoms with Crippen LogP contribution in [0.15, 0.2) is 12.4 Å². The summed E-state index contributed by atoms with van der Waals surface area (Å²) in [5, 5.41) is 8.22. The lowest BCUT2D eigenvalue weighted by Gasteiger charge is -1.94. The molecule has 1 rings (SSSR count). The van der Waals surface area contributed by atoms with Gasteiger partial charge in [-0.05, 0) is 0 Å². The van der Waals surface area contributed by atoms with Gasteiger partial charge in [-0.1, -0.05) is 0 Å². The highest BCUT2D eigenvalue weighted by atomic mass is 16.1. The number of aromatic nitrogens is 2. The molecule has 0 radical (unpaired) electrons. The van der Waals surface area contributed by atoms with Crippen LogP contribution in [0.1, 0.15) is 17.0 Å². The molecule has 0 amide bonds. The summed E-state index contributed by atoms with van der Waals surface area (Å²) in [6.07, 6.45) is 3.10. The van der Waals surface area contributed by atoms with Gasteiger partial charge in [-0.25, -0.2) is 4.98 Å². The summed E-state index contributed by atoms with van der Waals surface area (Å²) in [5.41, 5.74) is 0. The first kappa shape index (κ1) is 7.48. The van der Waals surface area contributed by atoms with Crippen molar-refractivity contribution in [3.05, 3.63) is 18.2 Å². The zero-order valence-corrected chi connectivity index (χ0v) is 6.11. The predicted molar refractivity (Wildman–Crippen MR) is 37.8 cm³/mol. The Hall–Kier alpha value is -1.63. The Labute approximate surface area is 64.1 Å². The lowest BCUT2D eigenvalue weighted by atomic mass is 10.3. The summed E-state index contributed by atoms with van der Waals surface area (Å²) in [4.78, 5) is 14.8. The minimum Gasteiger partial charge on any atom is -0.332 e. The van der Waals surface area contributed by atoms with Crippen molar-refractivity contribution in [3.63, 3.8) is 0 Å². The number of nitriles is 1. The minimum atomic E-state index is -0.236. The number of hydrogen-bond donors (Lipinski definition) is 0. The lowest BCUT2D eigenvalue weighted by molar-refractivity contribution is 0.0985. The molecule has 0 saturated carbocycles. The van der Waals surface area contributed by atoms with Crippen molar-refractivity contribution in [1.82, 2.24) is 9.55 Å². The monoisotopic (exact) mass is 149 g/mol. The molecule has 1 aromatic rings. The standard InChI is InChI=1S/C7H7N3O/c1-10-5-4-9-7(10)6(11)2-3-8/h4-5H,2H2,1H3. The second-order valence-electron chi connectivity index (χ2n) is 2.12. The summed E-state index contributed by atoms with van der Waals surface area (Å²) >= 11 is 0. The number of imidazole rings is 1. The number of carbonyl (C=O) groups is 1. The van der Waals surface area contributed by atoms with E-state index in [1.807, 2.05) is 0 Å². The van der Waals surface area contributed by atoms with E-state index >= 15 is 0 Å². The van der Waals surface area contributed by atoms with E-state index in [1.54, 1.807) is 23.9 Å². The second-order valence-corrected chi connectivity index (χ2v) is 2.12. The molecule has 0 fully saturated rings. The summed E-state index contributed by atoms with van der Waals surface area (Å²) in [6.45, 7) is 0. The van der Waals surface area contributed by atoms with Crippen LogP contribution in [-0.4, -0.2) is 15.3 Å².